The molecule has 1 saturated heterocycles. The molecular weight excluding hydrogens is 456 g/mol. The fraction of sp³-hybridized carbons (Fsp3) is 0.227. The molecule has 3 aromatic rings. The molecule has 10 heteroatoms. The van der Waals surface area contributed by atoms with Gasteiger partial charge in [0.05, 0.1) is 5.02 Å². The number of carbonyl (C=O) groups is 1. The molecule has 1 aliphatic heterocycles. The summed E-state index contributed by atoms with van der Waals surface area (Å²) in [5.74, 6) is 0.862. The number of rotatable bonds is 4. The summed E-state index contributed by atoms with van der Waals surface area (Å²) in [5.41, 5.74) is 0.694. The Morgan fingerprint density at radius 3 is 2.59 bits per heavy atom. The maximum Gasteiger partial charge on any atom is 0.321 e. The van der Waals surface area contributed by atoms with Crippen LogP contribution in [0.5, 0.6) is 11.6 Å². The van der Waals surface area contributed by atoms with E-state index in [0.717, 1.165) is 13.0 Å². The molecule has 0 unspecified atom stereocenters. The summed E-state index contributed by atoms with van der Waals surface area (Å²) < 4.78 is 19.1. The van der Waals surface area contributed by atoms with Gasteiger partial charge >= 0.3 is 6.03 Å². The van der Waals surface area contributed by atoms with Gasteiger partial charge in [0, 0.05) is 49.0 Å². The fourth-order valence-corrected chi connectivity index (χ4v) is 3.60. The number of amides is 2. The van der Waals surface area contributed by atoms with Gasteiger partial charge in [-0.15, -0.1) is 0 Å². The fourth-order valence-electron chi connectivity index (χ4n) is 3.31. The monoisotopic (exact) mass is 475 g/mol. The molecule has 0 bridgehead atoms. The van der Waals surface area contributed by atoms with E-state index in [1.807, 2.05) is 0 Å². The number of hydrogen-bond donors (Lipinski definition) is 1. The molecule has 1 N–H and O–H groups in total. The predicted molar refractivity (Wildman–Crippen MR) is 122 cm³/mol. The lowest BCUT2D eigenvalue weighted by Gasteiger charge is -2.23. The highest BCUT2D eigenvalue weighted by Crippen LogP contribution is 2.26. The van der Waals surface area contributed by atoms with Gasteiger partial charge < -0.3 is 19.9 Å². The third kappa shape index (κ3) is 5.57. The number of ether oxygens (including phenoxy) is 1. The minimum atomic E-state index is -0.517. The van der Waals surface area contributed by atoms with E-state index in [1.165, 1.54) is 24.5 Å². The first kappa shape index (κ1) is 22.1. The molecule has 2 aromatic carbocycles. The van der Waals surface area contributed by atoms with Crippen LogP contribution < -0.4 is 15.0 Å². The summed E-state index contributed by atoms with van der Waals surface area (Å²) in [6.07, 6.45) is 2.19. The van der Waals surface area contributed by atoms with E-state index in [4.69, 9.17) is 27.9 Å². The Morgan fingerprint density at radius 2 is 1.81 bits per heavy atom. The van der Waals surface area contributed by atoms with E-state index in [-0.39, 0.29) is 11.1 Å². The van der Waals surface area contributed by atoms with Gasteiger partial charge in [-0.1, -0.05) is 23.2 Å². The molecule has 166 valence electrons. The summed E-state index contributed by atoms with van der Waals surface area (Å²) in [6.45, 7) is 2.49. The first-order valence-corrected chi connectivity index (χ1v) is 10.7. The van der Waals surface area contributed by atoms with Crippen LogP contribution in [-0.2, 0) is 0 Å². The summed E-state index contributed by atoms with van der Waals surface area (Å²) in [7, 11) is 0. The third-order valence-corrected chi connectivity index (χ3v) is 5.49. The third-order valence-electron chi connectivity index (χ3n) is 4.94. The maximum absolute atomic E-state index is 13.4. The summed E-state index contributed by atoms with van der Waals surface area (Å²) in [6, 6.07) is 12.6. The van der Waals surface area contributed by atoms with Crippen molar-refractivity contribution in [2.24, 2.45) is 0 Å². The van der Waals surface area contributed by atoms with Gasteiger partial charge in [0.25, 0.3) is 0 Å². The van der Waals surface area contributed by atoms with Gasteiger partial charge in [0.2, 0.25) is 5.88 Å². The zero-order valence-corrected chi connectivity index (χ0v) is 18.5. The Hall–Kier alpha value is -3.10. The zero-order chi connectivity index (χ0) is 22.5. The van der Waals surface area contributed by atoms with Crippen LogP contribution in [0, 0.1) is 5.82 Å². The van der Waals surface area contributed by atoms with Crippen LogP contribution in [0.15, 0.2) is 54.9 Å². The SMILES string of the molecule is O=C(Nc1ccc(Cl)cc1)N1CCCN(c2cc(Oc3ccc(F)c(Cl)c3)ncn2)CC1. The van der Waals surface area contributed by atoms with Crippen molar-refractivity contribution in [3.05, 3.63) is 70.7 Å². The molecule has 0 radical (unpaired) electrons. The molecular formula is C22H20Cl2FN5O2. The van der Waals surface area contributed by atoms with Crippen LogP contribution in [0.1, 0.15) is 6.42 Å². The maximum atomic E-state index is 13.4. The number of benzene rings is 2. The van der Waals surface area contributed by atoms with Crippen molar-refractivity contribution in [2.45, 2.75) is 6.42 Å². The Morgan fingerprint density at radius 1 is 1.00 bits per heavy atom. The van der Waals surface area contributed by atoms with E-state index >= 15 is 0 Å². The number of aromatic nitrogens is 2. The molecule has 1 aromatic heterocycles. The van der Waals surface area contributed by atoms with Crippen LogP contribution in [0.2, 0.25) is 10.0 Å². The van der Waals surface area contributed by atoms with E-state index in [9.17, 15) is 9.18 Å². The molecule has 2 amide bonds. The lowest BCUT2D eigenvalue weighted by Crippen LogP contribution is -2.38. The molecule has 4 rings (SSSR count). The van der Waals surface area contributed by atoms with Crippen molar-refractivity contribution in [1.29, 1.82) is 0 Å². The lowest BCUT2D eigenvalue weighted by atomic mass is 10.3. The molecule has 0 atom stereocenters. The first-order chi connectivity index (χ1) is 15.5. The number of carbonyl (C=O) groups excluding carboxylic acids is 1. The number of halogens is 3. The van der Waals surface area contributed by atoms with E-state index in [2.05, 4.69) is 20.2 Å². The lowest BCUT2D eigenvalue weighted by molar-refractivity contribution is 0.215. The van der Waals surface area contributed by atoms with Gasteiger partial charge in [0.1, 0.15) is 23.7 Å². The van der Waals surface area contributed by atoms with Crippen LogP contribution >= 0.6 is 23.2 Å². The van der Waals surface area contributed by atoms with Crippen LogP contribution in [-0.4, -0.2) is 47.1 Å². The summed E-state index contributed by atoms with van der Waals surface area (Å²) >= 11 is 11.7. The number of anilines is 2. The van der Waals surface area contributed by atoms with Crippen LogP contribution in [0.3, 0.4) is 0 Å². The average molecular weight is 476 g/mol. The second kappa shape index (κ2) is 10.0. The Bertz CT molecular complexity index is 1100. The molecule has 0 spiro atoms. The van der Waals surface area contributed by atoms with E-state index in [0.29, 0.717) is 47.8 Å². The van der Waals surface area contributed by atoms with Crippen LogP contribution in [0.25, 0.3) is 0 Å². The average Bonchev–Trinajstić information content (AvgIpc) is 3.05. The Balaban J connectivity index is 1.38. The van der Waals surface area contributed by atoms with E-state index < -0.39 is 5.82 Å². The Labute approximate surface area is 194 Å². The van der Waals surface area contributed by atoms with Crippen LogP contribution in [0.4, 0.5) is 20.7 Å². The van der Waals surface area contributed by atoms with Gasteiger partial charge in [-0.05, 0) is 42.8 Å². The van der Waals surface area contributed by atoms with Gasteiger partial charge in [-0.25, -0.2) is 19.2 Å². The van der Waals surface area contributed by atoms with Crippen molar-refractivity contribution in [3.8, 4) is 11.6 Å². The number of nitrogens with one attached hydrogen (secondary N) is 1. The predicted octanol–water partition coefficient (Wildman–Crippen LogP) is 5.46. The first-order valence-electron chi connectivity index (χ1n) is 9.99. The highest BCUT2D eigenvalue weighted by atomic mass is 35.5. The minimum Gasteiger partial charge on any atom is -0.439 e. The standard InChI is InChI=1S/C22H20Cl2FN5O2/c23-15-2-4-16(5-3-15)28-22(31)30-9-1-8-29(10-11-30)20-13-21(27-14-26-20)32-17-6-7-19(25)18(24)12-17/h2-7,12-14H,1,8-11H2,(H,28,31). The number of nitrogens with zero attached hydrogens (tertiary/aromatic N) is 4. The normalized spacial score (nSPS) is 14.1. The smallest absolute Gasteiger partial charge is 0.321 e. The molecule has 1 aliphatic rings. The van der Waals surface area contributed by atoms with Gasteiger partial charge in [-0.3, -0.25) is 0 Å². The zero-order valence-electron chi connectivity index (χ0n) is 17.0. The van der Waals surface area contributed by atoms with Crippen molar-refractivity contribution in [3.63, 3.8) is 0 Å². The minimum absolute atomic E-state index is 0.0266. The van der Waals surface area contributed by atoms with Crippen molar-refractivity contribution in [1.82, 2.24) is 14.9 Å². The van der Waals surface area contributed by atoms with Gasteiger partial charge in [0.15, 0.2) is 0 Å². The van der Waals surface area contributed by atoms with Gasteiger partial charge in [-0.2, -0.15) is 0 Å². The number of urea groups is 1. The van der Waals surface area contributed by atoms with E-state index in [1.54, 1.807) is 35.2 Å². The molecule has 32 heavy (non-hydrogen) atoms. The summed E-state index contributed by atoms with van der Waals surface area (Å²) in [4.78, 5) is 24.9. The second-order valence-electron chi connectivity index (χ2n) is 7.16. The molecule has 1 fully saturated rings. The number of hydrogen-bond acceptors (Lipinski definition) is 5. The molecule has 0 aliphatic carbocycles. The quantitative estimate of drug-likeness (QED) is 0.542. The topological polar surface area (TPSA) is 70.6 Å². The molecule has 2 heterocycles. The van der Waals surface area contributed by atoms with Crippen molar-refractivity contribution < 1.29 is 13.9 Å². The largest absolute Gasteiger partial charge is 0.439 e. The second-order valence-corrected chi connectivity index (χ2v) is 8.00. The highest BCUT2D eigenvalue weighted by molar-refractivity contribution is 6.31. The summed E-state index contributed by atoms with van der Waals surface area (Å²) in [5, 5.41) is 3.48. The molecule has 7 nitrogen and oxygen atoms in total. The Kier molecular flexibility index (Phi) is 6.92. The highest BCUT2D eigenvalue weighted by Gasteiger charge is 2.20. The van der Waals surface area contributed by atoms with Crippen molar-refractivity contribution in [2.75, 3.05) is 36.4 Å². The van der Waals surface area contributed by atoms with Crippen molar-refractivity contribution >= 4 is 40.7 Å². The molecule has 0 saturated carbocycles.